The van der Waals surface area contributed by atoms with Crippen molar-refractivity contribution in [3.8, 4) is 0 Å². The van der Waals surface area contributed by atoms with E-state index >= 15 is 0 Å². The zero-order valence-electron chi connectivity index (χ0n) is 8.62. The van der Waals surface area contributed by atoms with Gasteiger partial charge in [0.1, 0.15) is 0 Å². The highest BCUT2D eigenvalue weighted by Gasteiger charge is 2.11. The highest BCUT2D eigenvalue weighted by molar-refractivity contribution is 6.33. The van der Waals surface area contributed by atoms with Crippen LogP contribution in [0.25, 0.3) is 0 Å². The minimum Gasteiger partial charge on any atom is -0.380 e. The number of aromatic nitrogens is 1. The van der Waals surface area contributed by atoms with Gasteiger partial charge in [0.2, 0.25) is 0 Å². The van der Waals surface area contributed by atoms with Gasteiger partial charge in [0.15, 0.2) is 0 Å². The van der Waals surface area contributed by atoms with E-state index in [-0.39, 0.29) is 12.1 Å². The zero-order valence-corrected chi connectivity index (χ0v) is 9.38. The van der Waals surface area contributed by atoms with Crippen LogP contribution in [-0.2, 0) is 4.74 Å². The molecule has 0 saturated heterocycles. The van der Waals surface area contributed by atoms with E-state index in [1.807, 2.05) is 19.9 Å². The number of ether oxygens (including phenoxy) is 1. The topological polar surface area (TPSA) is 34.1 Å². The molecule has 3 nitrogen and oxygen atoms in total. The summed E-state index contributed by atoms with van der Waals surface area (Å²) < 4.78 is 5.20. The molecule has 0 bridgehead atoms. The number of rotatable bonds is 4. The minimum atomic E-state index is 0.138. The minimum absolute atomic E-state index is 0.138. The van der Waals surface area contributed by atoms with Crippen LogP contribution in [0.3, 0.4) is 0 Å². The van der Waals surface area contributed by atoms with E-state index in [9.17, 15) is 0 Å². The molecule has 1 unspecified atom stereocenters. The fourth-order valence-electron chi connectivity index (χ4n) is 1.06. The largest absolute Gasteiger partial charge is 0.380 e. The molecular formula is C10H15ClN2O. The normalized spacial score (nSPS) is 14.9. The second kappa shape index (κ2) is 5.17. The van der Waals surface area contributed by atoms with Crippen LogP contribution in [0, 0.1) is 0 Å². The first-order chi connectivity index (χ1) is 6.65. The maximum Gasteiger partial charge on any atom is 0.0820 e. The first-order valence-electron chi connectivity index (χ1n) is 4.54. The summed E-state index contributed by atoms with van der Waals surface area (Å²) in [6.45, 7) is 4.05. The lowest BCUT2D eigenvalue weighted by atomic mass is 10.2. The highest BCUT2D eigenvalue weighted by atomic mass is 35.5. The maximum atomic E-state index is 5.95. The van der Waals surface area contributed by atoms with Crippen LogP contribution in [0.4, 0.5) is 5.69 Å². The Morgan fingerprint density at radius 3 is 2.79 bits per heavy atom. The number of hydrogen-bond acceptors (Lipinski definition) is 3. The van der Waals surface area contributed by atoms with Crippen molar-refractivity contribution >= 4 is 17.3 Å². The molecule has 0 fully saturated rings. The van der Waals surface area contributed by atoms with E-state index in [4.69, 9.17) is 16.3 Å². The van der Waals surface area contributed by atoms with E-state index < -0.39 is 0 Å². The fraction of sp³-hybridized carbons (Fsp3) is 0.500. The molecule has 1 aromatic heterocycles. The van der Waals surface area contributed by atoms with Gasteiger partial charge in [0.05, 0.1) is 16.8 Å². The summed E-state index contributed by atoms with van der Waals surface area (Å²) >= 11 is 5.95. The summed E-state index contributed by atoms with van der Waals surface area (Å²) in [5.74, 6) is 0. The van der Waals surface area contributed by atoms with Gasteiger partial charge in [-0.2, -0.15) is 0 Å². The molecule has 78 valence electrons. The second-order valence-corrected chi connectivity index (χ2v) is 3.64. The summed E-state index contributed by atoms with van der Waals surface area (Å²) in [6, 6.07) is 2.06. The maximum absolute atomic E-state index is 5.95. The lowest BCUT2D eigenvalue weighted by molar-refractivity contribution is 0.106. The van der Waals surface area contributed by atoms with Crippen molar-refractivity contribution in [2.45, 2.75) is 26.0 Å². The van der Waals surface area contributed by atoms with Crippen molar-refractivity contribution in [2.24, 2.45) is 0 Å². The van der Waals surface area contributed by atoms with Crippen LogP contribution in [0.2, 0.25) is 5.02 Å². The molecule has 1 N–H and O–H groups in total. The lowest BCUT2D eigenvalue weighted by Crippen LogP contribution is -2.29. The Labute approximate surface area is 89.4 Å². The van der Waals surface area contributed by atoms with Crippen molar-refractivity contribution in [1.29, 1.82) is 0 Å². The van der Waals surface area contributed by atoms with Gasteiger partial charge in [-0.1, -0.05) is 11.6 Å². The van der Waals surface area contributed by atoms with Crippen LogP contribution in [0.5, 0.6) is 0 Å². The quantitative estimate of drug-likeness (QED) is 0.837. The Morgan fingerprint density at radius 1 is 1.50 bits per heavy atom. The van der Waals surface area contributed by atoms with E-state index in [2.05, 4.69) is 10.3 Å². The van der Waals surface area contributed by atoms with Gasteiger partial charge in [0, 0.05) is 25.5 Å². The summed E-state index contributed by atoms with van der Waals surface area (Å²) in [7, 11) is 1.69. The monoisotopic (exact) mass is 214 g/mol. The molecule has 0 aliphatic heterocycles. The Kier molecular flexibility index (Phi) is 4.17. The van der Waals surface area contributed by atoms with Gasteiger partial charge in [-0.3, -0.25) is 4.98 Å². The van der Waals surface area contributed by atoms with Crippen molar-refractivity contribution < 1.29 is 4.74 Å². The molecular weight excluding hydrogens is 200 g/mol. The molecule has 0 radical (unpaired) electrons. The molecule has 0 aliphatic carbocycles. The average Bonchev–Trinajstić information content (AvgIpc) is 2.20. The number of anilines is 1. The van der Waals surface area contributed by atoms with E-state index in [1.54, 1.807) is 19.5 Å². The van der Waals surface area contributed by atoms with E-state index in [1.165, 1.54) is 0 Å². The Morgan fingerprint density at radius 2 is 2.21 bits per heavy atom. The smallest absolute Gasteiger partial charge is 0.0820 e. The number of nitrogens with zero attached hydrogens (tertiary/aromatic N) is 1. The van der Waals surface area contributed by atoms with Crippen molar-refractivity contribution in [3.05, 3.63) is 23.5 Å². The average molecular weight is 215 g/mol. The number of nitrogens with one attached hydrogen (secondary N) is 1. The van der Waals surface area contributed by atoms with Crippen LogP contribution < -0.4 is 5.32 Å². The molecule has 1 aromatic rings. The molecule has 0 amide bonds. The first kappa shape index (κ1) is 11.3. The summed E-state index contributed by atoms with van der Waals surface area (Å²) in [4.78, 5) is 3.91. The summed E-state index contributed by atoms with van der Waals surface area (Å²) in [6.07, 6.45) is 3.46. The number of hydrogen-bond donors (Lipinski definition) is 1. The Balaban J connectivity index is 2.64. The van der Waals surface area contributed by atoms with Crippen molar-refractivity contribution in [1.82, 2.24) is 4.98 Å². The molecule has 1 heterocycles. The van der Waals surface area contributed by atoms with Gasteiger partial charge in [-0.05, 0) is 19.9 Å². The molecule has 4 heteroatoms. The van der Waals surface area contributed by atoms with Crippen LogP contribution in [0.15, 0.2) is 18.5 Å². The molecule has 14 heavy (non-hydrogen) atoms. The van der Waals surface area contributed by atoms with Gasteiger partial charge >= 0.3 is 0 Å². The van der Waals surface area contributed by atoms with Crippen LogP contribution in [-0.4, -0.2) is 24.2 Å². The first-order valence-corrected chi connectivity index (χ1v) is 4.91. The third-order valence-corrected chi connectivity index (χ3v) is 2.53. The Hall–Kier alpha value is -0.800. The summed E-state index contributed by atoms with van der Waals surface area (Å²) in [5.41, 5.74) is 0.887. The van der Waals surface area contributed by atoms with Gasteiger partial charge in [-0.15, -0.1) is 0 Å². The molecule has 0 aliphatic rings. The molecule has 0 saturated carbocycles. The van der Waals surface area contributed by atoms with E-state index in [0.29, 0.717) is 5.02 Å². The number of methoxy groups -OCH3 is 1. The highest BCUT2D eigenvalue weighted by Crippen LogP contribution is 2.20. The number of pyridine rings is 1. The van der Waals surface area contributed by atoms with E-state index in [0.717, 1.165) is 5.69 Å². The predicted octanol–water partition coefficient (Wildman–Crippen LogP) is 2.57. The van der Waals surface area contributed by atoms with Crippen LogP contribution >= 0.6 is 11.6 Å². The SMILES string of the molecule is COC(C)[C@H](C)Nc1ccncc1Cl. The third kappa shape index (κ3) is 2.86. The van der Waals surface area contributed by atoms with Gasteiger partial charge in [0.25, 0.3) is 0 Å². The Bertz CT molecular complexity index is 293. The molecule has 2 atom stereocenters. The second-order valence-electron chi connectivity index (χ2n) is 3.23. The third-order valence-electron chi connectivity index (χ3n) is 2.23. The lowest BCUT2D eigenvalue weighted by Gasteiger charge is -2.21. The zero-order chi connectivity index (χ0) is 10.6. The summed E-state index contributed by atoms with van der Waals surface area (Å²) in [5, 5.41) is 3.89. The predicted molar refractivity (Wildman–Crippen MR) is 58.8 cm³/mol. The standard InChI is InChI=1S/C10H15ClN2O/c1-7(8(2)14-3)13-10-4-5-12-6-9(10)11/h4-8H,1-3H3,(H,12,13)/t7-,8?/m0/s1. The van der Waals surface area contributed by atoms with Gasteiger partial charge < -0.3 is 10.1 Å². The molecule has 0 aromatic carbocycles. The van der Waals surface area contributed by atoms with Crippen molar-refractivity contribution in [3.63, 3.8) is 0 Å². The van der Waals surface area contributed by atoms with Crippen LogP contribution in [0.1, 0.15) is 13.8 Å². The van der Waals surface area contributed by atoms with Gasteiger partial charge in [-0.25, -0.2) is 0 Å². The molecule has 1 rings (SSSR count). The fourth-order valence-corrected chi connectivity index (χ4v) is 1.23. The number of halogens is 1. The molecule has 0 spiro atoms. The van der Waals surface area contributed by atoms with Crippen molar-refractivity contribution in [2.75, 3.05) is 12.4 Å².